The van der Waals surface area contributed by atoms with Gasteiger partial charge in [-0.25, -0.2) is 4.39 Å². The van der Waals surface area contributed by atoms with E-state index in [0.717, 1.165) is 37.9 Å². The Hall–Kier alpha value is -1.99. The van der Waals surface area contributed by atoms with Crippen molar-refractivity contribution < 1.29 is 18.7 Å². The van der Waals surface area contributed by atoms with Crippen LogP contribution in [-0.4, -0.2) is 79.0 Å². The van der Waals surface area contributed by atoms with E-state index in [1.165, 1.54) is 6.07 Å². The molecular formula is C23H34FN3O3. The lowest BCUT2D eigenvalue weighted by Gasteiger charge is -2.36. The van der Waals surface area contributed by atoms with Crippen LogP contribution in [0.4, 0.5) is 4.39 Å². The highest BCUT2D eigenvalue weighted by molar-refractivity contribution is 5.88. The Kier molecular flexibility index (Phi) is 8.22. The number of rotatable bonds is 9. The number of hydrogen-bond donors (Lipinski definition) is 0. The minimum absolute atomic E-state index is 0.0103. The molecule has 2 saturated heterocycles. The van der Waals surface area contributed by atoms with Gasteiger partial charge in [-0.15, -0.1) is 0 Å². The lowest BCUT2D eigenvalue weighted by Crippen LogP contribution is -2.50. The average molecular weight is 420 g/mol. The molecule has 3 rings (SSSR count). The predicted molar refractivity (Wildman–Crippen MR) is 113 cm³/mol. The van der Waals surface area contributed by atoms with Crippen molar-refractivity contribution in [3.63, 3.8) is 0 Å². The number of halogens is 1. The second-order valence-electron chi connectivity index (χ2n) is 8.45. The Morgan fingerprint density at radius 3 is 2.63 bits per heavy atom. The van der Waals surface area contributed by atoms with E-state index in [-0.39, 0.29) is 17.6 Å². The summed E-state index contributed by atoms with van der Waals surface area (Å²) in [6.07, 6.45) is 3.32. The van der Waals surface area contributed by atoms with Crippen molar-refractivity contribution in [3.8, 4) is 0 Å². The van der Waals surface area contributed by atoms with E-state index in [1.807, 2.05) is 24.0 Å². The summed E-state index contributed by atoms with van der Waals surface area (Å²) in [7, 11) is 1.64. The highest BCUT2D eigenvalue weighted by atomic mass is 19.1. The fourth-order valence-electron chi connectivity index (χ4n) is 4.48. The summed E-state index contributed by atoms with van der Waals surface area (Å²) in [5, 5.41) is 0. The van der Waals surface area contributed by atoms with E-state index in [1.54, 1.807) is 18.1 Å². The van der Waals surface area contributed by atoms with Gasteiger partial charge in [0.2, 0.25) is 11.8 Å². The molecule has 2 amide bonds. The number of piperidine rings is 1. The van der Waals surface area contributed by atoms with E-state index < -0.39 is 6.04 Å². The highest BCUT2D eigenvalue weighted by Crippen LogP contribution is 2.22. The number of methoxy groups -OCH3 is 1. The summed E-state index contributed by atoms with van der Waals surface area (Å²) in [5.74, 6) is 0.339. The van der Waals surface area contributed by atoms with Crippen LogP contribution in [0, 0.1) is 11.7 Å². The van der Waals surface area contributed by atoms with Gasteiger partial charge in [-0.3, -0.25) is 14.5 Å². The summed E-state index contributed by atoms with van der Waals surface area (Å²) >= 11 is 0. The van der Waals surface area contributed by atoms with Crippen molar-refractivity contribution in [1.29, 1.82) is 0 Å². The summed E-state index contributed by atoms with van der Waals surface area (Å²) in [4.78, 5) is 31.0. The monoisotopic (exact) mass is 419 g/mol. The zero-order chi connectivity index (χ0) is 21.5. The van der Waals surface area contributed by atoms with Crippen LogP contribution < -0.4 is 0 Å². The van der Waals surface area contributed by atoms with Crippen LogP contribution >= 0.6 is 0 Å². The normalized spacial score (nSPS) is 19.3. The van der Waals surface area contributed by atoms with Gasteiger partial charge < -0.3 is 14.5 Å². The number of hydrogen-bond acceptors (Lipinski definition) is 4. The number of amides is 2. The molecule has 0 aromatic heterocycles. The Bertz CT molecular complexity index is 721. The second kappa shape index (κ2) is 10.9. The summed E-state index contributed by atoms with van der Waals surface area (Å²) in [6.45, 7) is 6.62. The first-order valence-electron chi connectivity index (χ1n) is 11.0. The first kappa shape index (κ1) is 22.7. The van der Waals surface area contributed by atoms with Gasteiger partial charge in [0.15, 0.2) is 0 Å². The number of carbonyl (C=O) groups is 2. The Labute approximate surface area is 179 Å². The molecule has 7 heteroatoms. The molecule has 6 nitrogen and oxygen atoms in total. The van der Waals surface area contributed by atoms with Gasteiger partial charge in [-0.2, -0.15) is 0 Å². The summed E-state index contributed by atoms with van der Waals surface area (Å²) < 4.78 is 19.1. The van der Waals surface area contributed by atoms with Crippen LogP contribution in [0.5, 0.6) is 0 Å². The maximum Gasteiger partial charge on any atom is 0.245 e. The molecule has 1 aromatic carbocycles. The zero-order valence-corrected chi connectivity index (χ0v) is 18.2. The van der Waals surface area contributed by atoms with E-state index in [2.05, 4.69) is 4.90 Å². The standard InChI is InChI=1S/C23H34FN3O3/c1-18(27-11-5-8-22(27)28)23(29)26(14-15-30-2)16-19-9-12-25(13-10-19)17-20-6-3-4-7-21(20)24/h3-4,6-7,18-19H,5,8-17H2,1-2H3. The van der Waals surface area contributed by atoms with Gasteiger partial charge >= 0.3 is 0 Å². The Morgan fingerprint density at radius 2 is 2.00 bits per heavy atom. The highest BCUT2D eigenvalue weighted by Gasteiger charge is 2.33. The third-order valence-electron chi connectivity index (χ3n) is 6.35. The van der Waals surface area contributed by atoms with E-state index in [9.17, 15) is 14.0 Å². The smallest absolute Gasteiger partial charge is 0.245 e. The first-order valence-corrected chi connectivity index (χ1v) is 11.0. The molecule has 2 aliphatic heterocycles. The van der Waals surface area contributed by atoms with Crippen LogP contribution in [0.2, 0.25) is 0 Å². The molecule has 0 aliphatic carbocycles. The summed E-state index contributed by atoms with van der Waals surface area (Å²) in [5.41, 5.74) is 0.733. The zero-order valence-electron chi connectivity index (χ0n) is 18.2. The van der Waals surface area contributed by atoms with Crippen LogP contribution in [0.1, 0.15) is 38.2 Å². The molecule has 1 aromatic rings. The fraction of sp³-hybridized carbons (Fsp3) is 0.652. The average Bonchev–Trinajstić information content (AvgIpc) is 3.18. The lowest BCUT2D eigenvalue weighted by molar-refractivity contribution is -0.143. The maximum absolute atomic E-state index is 13.9. The number of likely N-dealkylation sites (tertiary alicyclic amines) is 2. The molecule has 166 valence electrons. The molecule has 1 atom stereocenters. The van der Waals surface area contributed by atoms with Crippen LogP contribution in [0.25, 0.3) is 0 Å². The topological polar surface area (TPSA) is 53.1 Å². The van der Waals surface area contributed by atoms with Crippen molar-refractivity contribution in [2.45, 2.75) is 45.2 Å². The van der Waals surface area contributed by atoms with Crippen molar-refractivity contribution >= 4 is 11.8 Å². The van der Waals surface area contributed by atoms with Crippen LogP contribution in [0.3, 0.4) is 0 Å². The van der Waals surface area contributed by atoms with E-state index in [4.69, 9.17) is 4.74 Å². The quantitative estimate of drug-likeness (QED) is 0.617. The Morgan fingerprint density at radius 1 is 1.27 bits per heavy atom. The molecule has 2 fully saturated rings. The number of nitrogens with zero attached hydrogens (tertiary/aromatic N) is 3. The van der Waals surface area contributed by atoms with Gasteiger partial charge in [0, 0.05) is 45.3 Å². The van der Waals surface area contributed by atoms with Gasteiger partial charge in [0.1, 0.15) is 11.9 Å². The predicted octanol–water partition coefficient (Wildman–Crippen LogP) is 2.52. The van der Waals surface area contributed by atoms with Crippen molar-refractivity contribution in [2.75, 3.05) is 46.4 Å². The second-order valence-corrected chi connectivity index (χ2v) is 8.45. The largest absolute Gasteiger partial charge is 0.383 e. The van der Waals surface area contributed by atoms with E-state index >= 15 is 0 Å². The molecule has 0 saturated carbocycles. The van der Waals surface area contributed by atoms with Crippen molar-refractivity contribution in [3.05, 3.63) is 35.6 Å². The Balaban J connectivity index is 1.53. The third kappa shape index (κ3) is 5.79. The van der Waals surface area contributed by atoms with Crippen molar-refractivity contribution in [1.82, 2.24) is 14.7 Å². The van der Waals surface area contributed by atoms with Crippen molar-refractivity contribution in [2.24, 2.45) is 5.92 Å². The van der Waals surface area contributed by atoms with E-state index in [0.29, 0.717) is 45.1 Å². The molecule has 2 heterocycles. The molecule has 0 bridgehead atoms. The SMILES string of the molecule is COCCN(CC1CCN(Cc2ccccc2F)CC1)C(=O)C(C)N1CCCC1=O. The third-order valence-corrected chi connectivity index (χ3v) is 6.35. The summed E-state index contributed by atoms with van der Waals surface area (Å²) in [6, 6.07) is 6.52. The molecule has 0 spiro atoms. The molecule has 0 N–H and O–H groups in total. The van der Waals surface area contributed by atoms with Gasteiger partial charge in [0.25, 0.3) is 0 Å². The van der Waals surface area contributed by atoms with Gasteiger partial charge in [0.05, 0.1) is 6.61 Å². The molecule has 1 unspecified atom stereocenters. The molecule has 0 radical (unpaired) electrons. The van der Waals surface area contributed by atoms with Crippen LogP contribution in [0.15, 0.2) is 24.3 Å². The van der Waals surface area contributed by atoms with Gasteiger partial charge in [-0.05, 0) is 51.3 Å². The number of benzene rings is 1. The number of ether oxygens (including phenoxy) is 1. The number of carbonyl (C=O) groups excluding carboxylic acids is 2. The van der Waals surface area contributed by atoms with Gasteiger partial charge in [-0.1, -0.05) is 18.2 Å². The minimum atomic E-state index is -0.419. The first-order chi connectivity index (χ1) is 14.5. The fourth-order valence-corrected chi connectivity index (χ4v) is 4.48. The molecule has 2 aliphatic rings. The lowest BCUT2D eigenvalue weighted by atomic mass is 9.95. The minimum Gasteiger partial charge on any atom is -0.383 e. The molecular weight excluding hydrogens is 385 g/mol. The van der Waals surface area contributed by atoms with Crippen LogP contribution in [-0.2, 0) is 20.9 Å². The molecule has 30 heavy (non-hydrogen) atoms. The maximum atomic E-state index is 13.9.